The maximum Gasteiger partial charge on any atom is 0.261 e. The molecule has 5 rings (SSSR count). The van der Waals surface area contributed by atoms with E-state index in [2.05, 4.69) is 9.88 Å². The first-order valence-corrected chi connectivity index (χ1v) is 7.55. The van der Waals surface area contributed by atoms with E-state index in [9.17, 15) is 4.79 Å². The predicted octanol–water partition coefficient (Wildman–Crippen LogP) is 1.41. The Morgan fingerprint density at radius 1 is 1.29 bits per heavy atom. The molecule has 21 heavy (non-hydrogen) atoms. The van der Waals surface area contributed by atoms with Crippen molar-refractivity contribution >= 4 is 10.9 Å². The molecule has 0 amide bonds. The number of fused-ring (bicyclic) bond motifs is 4. The van der Waals surface area contributed by atoms with Crippen LogP contribution in [0.3, 0.4) is 0 Å². The van der Waals surface area contributed by atoms with Gasteiger partial charge in [0, 0.05) is 13.6 Å². The van der Waals surface area contributed by atoms with Crippen LogP contribution in [0.1, 0.15) is 12.8 Å². The standard InChI is InChI=1S/C16H19N3O2/c1-18-10-17-14-3-2-12(8-13(14)16(18)20)21-15-9-19-6-4-11(15)5-7-19/h2-3,8,10-11,15H,4-7,9H2,1H3. The van der Waals surface area contributed by atoms with Gasteiger partial charge in [0.15, 0.2) is 0 Å². The third kappa shape index (κ3) is 2.21. The summed E-state index contributed by atoms with van der Waals surface area (Å²) in [5.41, 5.74) is 0.693. The van der Waals surface area contributed by atoms with Gasteiger partial charge in [-0.3, -0.25) is 9.69 Å². The van der Waals surface area contributed by atoms with Gasteiger partial charge in [0.2, 0.25) is 0 Å². The van der Waals surface area contributed by atoms with Crippen molar-refractivity contribution in [3.05, 3.63) is 34.9 Å². The Morgan fingerprint density at radius 3 is 2.81 bits per heavy atom. The van der Waals surface area contributed by atoms with E-state index in [-0.39, 0.29) is 11.7 Å². The van der Waals surface area contributed by atoms with E-state index in [4.69, 9.17) is 4.74 Å². The molecule has 1 aromatic carbocycles. The van der Waals surface area contributed by atoms with Crippen molar-refractivity contribution < 1.29 is 4.74 Å². The number of benzene rings is 1. The van der Waals surface area contributed by atoms with Crippen molar-refractivity contribution in [3.8, 4) is 5.75 Å². The summed E-state index contributed by atoms with van der Waals surface area (Å²) >= 11 is 0. The van der Waals surface area contributed by atoms with Crippen LogP contribution in [0.4, 0.5) is 0 Å². The second-order valence-corrected chi connectivity index (χ2v) is 6.13. The molecule has 0 N–H and O–H groups in total. The molecule has 5 heteroatoms. The SMILES string of the molecule is Cn1cnc2ccc(OC3CN4CCC3CC4)cc2c1=O. The zero-order valence-corrected chi connectivity index (χ0v) is 12.2. The topological polar surface area (TPSA) is 47.4 Å². The van der Waals surface area contributed by atoms with Crippen LogP contribution in [-0.2, 0) is 7.05 Å². The van der Waals surface area contributed by atoms with Gasteiger partial charge in [-0.15, -0.1) is 0 Å². The van der Waals surface area contributed by atoms with Gasteiger partial charge in [-0.2, -0.15) is 0 Å². The average Bonchev–Trinajstić information content (AvgIpc) is 2.53. The van der Waals surface area contributed by atoms with E-state index in [0.29, 0.717) is 11.3 Å². The van der Waals surface area contributed by atoms with Crippen LogP contribution in [-0.4, -0.2) is 40.2 Å². The van der Waals surface area contributed by atoms with Crippen LogP contribution in [0.25, 0.3) is 10.9 Å². The van der Waals surface area contributed by atoms with E-state index in [0.717, 1.165) is 17.8 Å². The highest BCUT2D eigenvalue weighted by atomic mass is 16.5. The van der Waals surface area contributed by atoms with E-state index in [1.807, 2.05) is 18.2 Å². The fraction of sp³-hybridized carbons (Fsp3) is 0.500. The van der Waals surface area contributed by atoms with Crippen LogP contribution in [0, 0.1) is 5.92 Å². The van der Waals surface area contributed by atoms with Crippen molar-refractivity contribution in [2.24, 2.45) is 13.0 Å². The number of ether oxygens (including phenoxy) is 1. The first-order valence-electron chi connectivity index (χ1n) is 7.55. The summed E-state index contributed by atoms with van der Waals surface area (Å²) in [5.74, 6) is 1.44. The lowest BCUT2D eigenvalue weighted by Gasteiger charge is -2.44. The average molecular weight is 285 g/mol. The lowest BCUT2D eigenvalue weighted by Crippen LogP contribution is -2.52. The van der Waals surface area contributed by atoms with Crippen molar-refractivity contribution in [2.75, 3.05) is 19.6 Å². The third-order valence-corrected chi connectivity index (χ3v) is 4.77. The minimum atomic E-state index is -0.0284. The molecule has 0 saturated carbocycles. The fourth-order valence-corrected chi connectivity index (χ4v) is 3.48. The minimum Gasteiger partial charge on any atom is -0.489 e. The number of hydrogen-bond donors (Lipinski definition) is 0. The Bertz CT molecular complexity index is 732. The molecule has 3 aliphatic rings. The highest BCUT2D eigenvalue weighted by molar-refractivity contribution is 5.78. The van der Waals surface area contributed by atoms with Gasteiger partial charge in [-0.05, 0) is 50.0 Å². The molecule has 110 valence electrons. The zero-order chi connectivity index (χ0) is 14.4. The van der Waals surface area contributed by atoms with Gasteiger partial charge >= 0.3 is 0 Å². The molecular weight excluding hydrogens is 266 g/mol. The largest absolute Gasteiger partial charge is 0.489 e. The number of aromatic nitrogens is 2. The Kier molecular flexibility index (Phi) is 2.96. The number of nitrogens with zero attached hydrogens (tertiary/aromatic N) is 3. The van der Waals surface area contributed by atoms with Crippen molar-refractivity contribution in [2.45, 2.75) is 18.9 Å². The summed E-state index contributed by atoms with van der Waals surface area (Å²) in [6.45, 7) is 3.41. The summed E-state index contributed by atoms with van der Waals surface area (Å²) < 4.78 is 7.67. The van der Waals surface area contributed by atoms with Crippen LogP contribution in [0.15, 0.2) is 29.3 Å². The molecule has 0 radical (unpaired) electrons. The number of piperidine rings is 3. The van der Waals surface area contributed by atoms with Crippen molar-refractivity contribution in [3.63, 3.8) is 0 Å². The summed E-state index contributed by atoms with van der Waals surface area (Å²) in [6.07, 6.45) is 4.26. The highest BCUT2D eigenvalue weighted by Crippen LogP contribution is 2.31. The number of hydrogen-bond acceptors (Lipinski definition) is 4. The van der Waals surface area contributed by atoms with Gasteiger partial charge in [0.1, 0.15) is 11.9 Å². The lowest BCUT2D eigenvalue weighted by atomic mass is 9.86. The Labute approximate surface area is 123 Å². The maximum absolute atomic E-state index is 12.2. The summed E-state index contributed by atoms with van der Waals surface area (Å²) in [7, 11) is 1.72. The lowest BCUT2D eigenvalue weighted by molar-refractivity contribution is -0.00769. The van der Waals surface area contributed by atoms with Crippen LogP contribution < -0.4 is 10.3 Å². The summed E-state index contributed by atoms with van der Waals surface area (Å²) in [6, 6.07) is 5.63. The van der Waals surface area contributed by atoms with E-state index >= 15 is 0 Å². The molecule has 2 aromatic rings. The second-order valence-electron chi connectivity index (χ2n) is 6.13. The summed E-state index contributed by atoms with van der Waals surface area (Å²) in [4.78, 5) is 18.9. The quantitative estimate of drug-likeness (QED) is 0.837. The van der Waals surface area contributed by atoms with E-state index in [1.54, 1.807) is 13.4 Å². The molecule has 1 unspecified atom stereocenters. The molecular formula is C16H19N3O2. The predicted molar refractivity (Wildman–Crippen MR) is 80.6 cm³/mol. The third-order valence-electron chi connectivity index (χ3n) is 4.77. The first-order chi connectivity index (χ1) is 10.2. The molecule has 0 spiro atoms. The Hall–Kier alpha value is -1.88. The van der Waals surface area contributed by atoms with Gasteiger partial charge < -0.3 is 9.30 Å². The maximum atomic E-state index is 12.2. The highest BCUT2D eigenvalue weighted by Gasteiger charge is 2.35. The molecule has 4 heterocycles. The van der Waals surface area contributed by atoms with Gasteiger partial charge in [0.05, 0.1) is 17.2 Å². The smallest absolute Gasteiger partial charge is 0.261 e. The van der Waals surface area contributed by atoms with Crippen molar-refractivity contribution in [1.29, 1.82) is 0 Å². The molecule has 0 aliphatic carbocycles. The fourth-order valence-electron chi connectivity index (χ4n) is 3.48. The van der Waals surface area contributed by atoms with Gasteiger partial charge in [-0.1, -0.05) is 0 Å². The second kappa shape index (κ2) is 4.84. The Morgan fingerprint density at radius 2 is 2.10 bits per heavy atom. The van der Waals surface area contributed by atoms with E-state index in [1.165, 1.54) is 30.5 Å². The van der Waals surface area contributed by atoms with Crippen LogP contribution >= 0.6 is 0 Å². The van der Waals surface area contributed by atoms with Crippen LogP contribution in [0.5, 0.6) is 5.75 Å². The normalized spacial score (nSPS) is 28.0. The monoisotopic (exact) mass is 285 g/mol. The summed E-state index contributed by atoms with van der Waals surface area (Å²) in [5, 5.41) is 0.624. The Balaban J connectivity index is 1.65. The minimum absolute atomic E-state index is 0.0284. The molecule has 1 atom stereocenters. The van der Waals surface area contributed by atoms with Gasteiger partial charge in [0.25, 0.3) is 5.56 Å². The molecule has 3 aliphatic heterocycles. The number of aryl methyl sites for hydroxylation is 1. The molecule has 2 bridgehead atoms. The molecule has 3 fully saturated rings. The first kappa shape index (κ1) is 12.8. The molecule has 3 saturated heterocycles. The zero-order valence-electron chi connectivity index (χ0n) is 12.2. The van der Waals surface area contributed by atoms with Crippen molar-refractivity contribution in [1.82, 2.24) is 14.5 Å². The van der Waals surface area contributed by atoms with E-state index < -0.39 is 0 Å². The molecule has 1 aromatic heterocycles. The van der Waals surface area contributed by atoms with Gasteiger partial charge in [-0.25, -0.2) is 4.98 Å². The number of rotatable bonds is 2. The van der Waals surface area contributed by atoms with Crippen LogP contribution in [0.2, 0.25) is 0 Å². The molecule has 5 nitrogen and oxygen atoms in total.